The van der Waals surface area contributed by atoms with Crippen molar-refractivity contribution in [3.05, 3.63) is 84.8 Å². The number of carbonyl (C=O) groups is 2. The van der Waals surface area contributed by atoms with Crippen LogP contribution >= 0.6 is 0 Å². The maximum Gasteiger partial charge on any atom is 0.290 e. The molecular formula is C24H18N6O2. The minimum atomic E-state index is -0.494. The van der Waals surface area contributed by atoms with E-state index in [4.69, 9.17) is 0 Å². The lowest BCUT2D eigenvalue weighted by atomic mass is 10.0. The van der Waals surface area contributed by atoms with Crippen LogP contribution in [0.1, 0.15) is 16.9 Å². The number of nitrogens with zero attached hydrogens (tertiary/aromatic N) is 4. The van der Waals surface area contributed by atoms with E-state index in [9.17, 15) is 9.59 Å². The number of rotatable bonds is 2. The SMILES string of the molecule is O=C(NNC(=O)c1nc2ccccc2n2cccc12)C1=Nc2ccccc2N2C=CCC12. The molecule has 0 saturated heterocycles. The van der Waals surface area contributed by atoms with Crippen molar-refractivity contribution in [1.82, 2.24) is 20.2 Å². The van der Waals surface area contributed by atoms with Gasteiger partial charge in [-0.05, 0) is 42.8 Å². The largest absolute Gasteiger partial charge is 0.337 e. The summed E-state index contributed by atoms with van der Waals surface area (Å²) in [4.78, 5) is 37.1. The second-order valence-electron chi connectivity index (χ2n) is 7.65. The van der Waals surface area contributed by atoms with Crippen molar-refractivity contribution in [2.75, 3.05) is 4.90 Å². The zero-order chi connectivity index (χ0) is 21.7. The van der Waals surface area contributed by atoms with Gasteiger partial charge >= 0.3 is 0 Å². The van der Waals surface area contributed by atoms with Gasteiger partial charge in [-0.15, -0.1) is 0 Å². The van der Waals surface area contributed by atoms with Gasteiger partial charge in [-0.2, -0.15) is 0 Å². The molecule has 2 aromatic heterocycles. The molecule has 2 aromatic carbocycles. The molecule has 0 saturated carbocycles. The van der Waals surface area contributed by atoms with E-state index in [0.717, 1.165) is 16.9 Å². The minimum absolute atomic E-state index is 0.196. The fourth-order valence-corrected chi connectivity index (χ4v) is 4.32. The van der Waals surface area contributed by atoms with E-state index in [1.165, 1.54) is 0 Å². The van der Waals surface area contributed by atoms with Crippen LogP contribution in [0.4, 0.5) is 11.4 Å². The predicted octanol–water partition coefficient (Wildman–Crippen LogP) is 3.13. The van der Waals surface area contributed by atoms with Crippen LogP contribution in [0.15, 0.2) is 84.1 Å². The van der Waals surface area contributed by atoms with E-state index in [2.05, 4.69) is 20.8 Å². The number of hydrogen-bond donors (Lipinski definition) is 2. The number of para-hydroxylation sites is 4. The Kier molecular flexibility index (Phi) is 4.04. The van der Waals surface area contributed by atoms with Crippen LogP contribution in [0, 0.1) is 0 Å². The third-order valence-electron chi connectivity index (χ3n) is 5.78. The number of benzene rings is 2. The maximum atomic E-state index is 13.0. The molecule has 2 aliphatic heterocycles. The van der Waals surface area contributed by atoms with Gasteiger partial charge in [-0.1, -0.05) is 30.3 Å². The Morgan fingerprint density at radius 2 is 1.69 bits per heavy atom. The van der Waals surface area contributed by atoms with Crippen LogP contribution in [-0.2, 0) is 4.79 Å². The zero-order valence-corrected chi connectivity index (χ0v) is 16.9. The van der Waals surface area contributed by atoms with Crippen LogP contribution in [0.3, 0.4) is 0 Å². The van der Waals surface area contributed by atoms with Crippen molar-refractivity contribution in [3.63, 3.8) is 0 Å². The molecule has 6 rings (SSSR count). The van der Waals surface area contributed by atoms with Gasteiger partial charge in [-0.25, -0.2) is 9.98 Å². The van der Waals surface area contributed by atoms with Gasteiger partial charge in [0.1, 0.15) is 5.71 Å². The summed E-state index contributed by atoms with van der Waals surface area (Å²) < 4.78 is 1.91. The monoisotopic (exact) mass is 422 g/mol. The molecule has 0 fully saturated rings. The van der Waals surface area contributed by atoms with Crippen LogP contribution in [0.5, 0.6) is 0 Å². The first-order valence-electron chi connectivity index (χ1n) is 10.3. The molecule has 1 unspecified atom stereocenters. The molecule has 8 nitrogen and oxygen atoms in total. The smallest absolute Gasteiger partial charge is 0.290 e. The quantitative estimate of drug-likeness (QED) is 0.486. The van der Waals surface area contributed by atoms with Crippen molar-refractivity contribution >= 4 is 45.5 Å². The molecule has 0 radical (unpaired) electrons. The highest BCUT2D eigenvalue weighted by Gasteiger charge is 2.34. The van der Waals surface area contributed by atoms with Crippen LogP contribution in [0.25, 0.3) is 16.6 Å². The summed E-state index contributed by atoms with van der Waals surface area (Å²) in [6, 6.07) is 18.7. The van der Waals surface area contributed by atoms with Crippen LogP contribution in [-0.4, -0.2) is 33.0 Å². The molecule has 2 N–H and O–H groups in total. The normalized spacial score (nSPS) is 16.6. The van der Waals surface area contributed by atoms with Gasteiger partial charge in [0, 0.05) is 12.4 Å². The molecule has 156 valence electrons. The summed E-state index contributed by atoms with van der Waals surface area (Å²) in [7, 11) is 0. The van der Waals surface area contributed by atoms with Gasteiger partial charge in [0.25, 0.3) is 11.8 Å². The van der Waals surface area contributed by atoms with Gasteiger partial charge in [0.2, 0.25) is 0 Å². The van der Waals surface area contributed by atoms with E-state index in [1.807, 2.05) is 88.4 Å². The summed E-state index contributed by atoms with van der Waals surface area (Å²) >= 11 is 0. The summed E-state index contributed by atoms with van der Waals surface area (Å²) in [5.74, 6) is -0.940. The van der Waals surface area contributed by atoms with E-state index in [-0.39, 0.29) is 11.7 Å². The molecule has 0 bridgehead atoms. The summed E-state index contributed by atoms with van der Waals surface area (Å²) in [6.07, 6.45) is 6.53. The number of nitrogens with one attached hydrogen (secondary N) is 2. The third kappa shape index (κ3) is 2.77. The standard InChI is InChI=1S/C24H18N6O2/c31-23(21-19-11-5-13-29(19)17-9-3-1-7-15(17)25-21)27-28-24(32)22-20-12-6-14-30(20)18-10-4-2-8-16(18)26-22/h1-11,13-14,20H,12H2,(H,27,31)(H,28,32). The number of anilines is 1. The summed E-state index contributed by atoms with van der Waals surface area (Å²) in [5, 5.41) is 0. The summed E-state index contributed by atoms with van der Waals surface area (Å²) in [5.41, 5.74) is 9.55. The predicted molar refractivity (Wildman–Crippen MR) is 122 cm³/mol. The highest BCUT2D eigenvalue weighted by molar-refractivity contribution is 6.43. The number of fused-ring (bicyclic) bond motifs is 6. The Hall–Kier alpha value is -4.46. The highest BCUT2D eigenvalue weighted by atomic mass is 16.2. The zero-order valence-electron chi connectivity index (χ0n) is 16.9. The molecule has 8 heteroatoms. The van der Waals surface area contributed by atoms with Gasteiger partial charge < -0.3 is 9.30 Å². The fourth-order valence-electron chi connectivity index (χ4n) is 4.32. The Labute approximate surface area is 182 Å². The van der Waals surface area contributed by atoms with Gasteiger partial charge in [0.05, 0.1) is 34.0 Å². The number of amides is 2. The van der Waals surface area contributed by atoms with Gasteiger partial charge in [0.15, 0.2) is 5.69 Å². The molecule has 4 aromatic rings. The molecule has 2 amide bonds. The first-order valence-corrected chi connectivity index (χ1v) is 10.3. The Morgan fingerprint density at radius 3 is 2.62 bits per heavy atom. The topological polar surface area (TPSA) is 91.1 Å². The molecule has 1 atom stereocenters. The minimum Gasteiger partial charge on any atom is -0.337 e. The Morgan fingerprint density at radius 1 is 0.906 bits per heavy atom. The molecule has 0 aliphatic carbocycles. The van der Waals surface area contributed by atoms with Crippen molar-refractivity contribution in [2.45, 2.75) is 12.5 Å². The van der Waals surface area contributed by atoms with Crippen molar-refractivity contribution in [2.24, 2.45) is 4.99 Å². The fraction of sp³-hybridized carbons (Fsp3) is 0.0833. The van der Waals surface area contributed by atoms with Crippen LogP contribution < -0.4 is 15.8 Å². The summed E-state index contributed by atoms with van der Waals surface area (Å²) in [6.45, 7) is 0. The number of carbonyl (C=O) groups excluding carboxylic acids is 2. The highest BCUT2D eigenvalue weighted by Crippen LogP contribution is 2.37. The lowest BCUT2D eigenvalue weighted by molar-refractivity contribution is -0.115. The van der Waals surface area contributed by atoms with Crippen molar-refractivity contribution in [3.8, 4) is 0 Å². The molecule has 2 aliphatic rings. The van der Waals surface area contributed by atoms with E-state index in [0.29, 0.717) is 23.2 Å². The van der Waals surface area contributed by atoms with E-state index >= 15 is 0 Å². The first-order chi connectivity index (χ1) is 15.7. The van der Waals surface area contributed by atoms with Crippen LogP contribution in [0.2, 0.25) is 0 Å². The number of hydrazine groups is 1. The second-order valence-corrected chi connectivity index (χ2v) is 7.65. The van der Waals surface area contributed by atoms with E-state index < -0.39 is 11.8 Å². The Bertz CT molecular complexity index is 1470. The second kappa shape index (κ2) is 7.05. The Balaban J connectivity index is 1.27. The maximum absolute atomic E-state index is 13.0. The number of hydrogen-bond acceptors (Lipinski definition) is 5. The average molecular weight is 422 g/mol. The van der Waals surface area contributed by atoms with Crippen molar-refractivity contribution < 1.29 is 9.59 Å². The van der Waals surface area contributed by atoms with Gasteiger partial charge in [-0.3, -0.25) is 20.4 Å². The van der Waals surface area contributed by atoms with E-state index in [1.54, 1.807) is 0 Å². The third-order valence-corrected chi connectivity index (χ3v) is 5.78. The number of aliphatic imine (C=N–C) groups is 1. The lowest BCUT2D eigenvalue weighted by Gasteiger charge is -2.31. The lowest BCUT2D eigenvalue weighted by Crippen LogP contribution is -2.51. The van der Waals surface area contributed by atoms with Crippen molar-refractivity contribution in [1.29, 1.82) is 0 Å². The molecule has 32 heavy (non-hydrogen) atoms. The average Bonchev–Trinajstić information content (AvgIpc) is 3.51. The molecule has 4 heterocycles. The first kappa shape index (κ1) is 18.3. The molecular weight excluding hydrogens is 404 g/mol. The molecule has 0 spiro atoms. The number of aromatic nitrogens is 2.